The zero-order valence-corrected chi connectivity index (χ0v) is 20.8. The summed E-state index contributed by atoms with van der Waals surface area (Å²) in [5.41, 5.74) is 6.57. The normalized spacial score (nSPS) is 18.1. The van der Waals surface area contributed by atoms with E-state index in [1.54, 1.807) is 39.0 Å². The first-order valence-corrected chi connectivity index (χ1v) is 12.7. The van der Waals surface area contributed by atoms with Crippen LogP contribution in [0.2, 0.25) is 0 Å². The van der Waals surface area contributed by atoms with Gasteiger partial charge in [0.15, 0.2) is 15.7 Å². The summed E-state index contributed by atoms with van der Waals surface area (Å²) in [5, 5.41) is 13.8. The van der Waals surface area contributed by atoms with Gasteiger partial charge in [0, 0.05) is 25.3 Å². The molecule has 1 aromatic carbocycles. The van der Waals surface area contributed by atoms with E-state index in [1.165, 1.54) is 33.6 Å². The lowest BCUT2D eigenvalue weighted by molar-refractivity contribution is -0.146. The van der Waals surface area contributed by atoms with Crippen molar-refractivity contribution in [2.45, 2.75) is 44.2 Å². The Morgan fingerprint density at radius 2 is 1.97 bits per heavy atom. The van der Waals surface area contributed by atoms with Gasteiger partial charge in [-0.25, -0.2) is 17.9 Å². The van der Waals surface area contributed by atoms with Gasteiger partial charge in [0.1, 0.15) is 23.5 Å². The summed E-state index contributed by atoms with van der Waals surface area (Å²) in [5.74, 6) is -0.521. The number of nitriles is 1. The van der Waals surface area contributed by atoms with Gasteiger partial charge < -0.3 is 15.5 Å². The van der Waals surface area contributed by atoms with Crippen molar-refractivity contribution in [1.29, 1.82) is 5.26 Å². The number of benzene rings is 1. The summed E-state index contributed by atoms with van der Waals surface area (Å²) >= 11 is 0. The van der Waals surface area contributed by atoms with Crippen LogP contribution in [0.3, 0.4) is 0 Å². The summed E-state index contributed by atoms with van der Waals surface area (Å²) in [6, 6.07) is 7.78. The summed E-state index contributed by atoms with van der Waals surface area (Å²) in [6.07, 6.45) is 2.33. The van der Waals surface area contributed by atoms with Crippen LogP contribution in [0, 0.1) is 11.3 Å². The van der Waals surface area contributed by atoms with Crippen molar-refractivity contribution in [3.8, 4) is 17.3 Å². The van der Waals surface area contributed by atoms with Gasteiger partial charge in [-0.2, -0.15) is 10.4 Å². The van der Waals surface area contributed by atoms with Crippen LogP contribution in [0.4, 0.5) is 11.5 Å². The van der Waals surface area contributed by atoms with E-state index in [-0.39, 0.29) is 34.4 Å². The lowest BCUT2D eigenvalue weighted by Crippen LogP contribution is -2.67. The molecular formula is C23H25N7O4S. The van der Waals surface area contributed by atoms with E-state index in [0.717, 1.165) is 6.26 Å². The summed E-state index contributed by atoms with van der Waals surface area (Å²) in [4.78, 5) is 32.7. The first-order valence-electron chi connectivity index (χ1n) is 10.8. The van der Waals surface area contributed by atoms with Gasteiger partial charge >= 0.3 is 0 Å². The van der Waals surface area contributed by atoms with Crippen LogP contribution in [0.15, 0.2) is 35.5 Å². The minimum absolute atomic E-state index is 0.0240. The number of nitrogens with two attached hydrogens (primary N) is 1. The second-order valence-electron chi connectivity index (χ2n) is 9.13. The number of piperazine rings is 1. The molecule has 35 heavy (non-hydrogen) atoms. The lowest BCUT2D eigenvalue weighted by atomic mass is 9.93. The van der Waals surface area contributed by atoms with Gasteiger partial charge in [-0.15, -0.1) is 0 Å². The summed E-state index contributed by atoms with van der Waals surface area (Å²) in [7, 11) is -3.72. The van der Waals surface area contributed by atoms with E-state index < -0.39 is 27.3 Å². The van der Waals surface area contributed by atoms with E-state index in [1.807, 2.05) is 0 Å². The zero-order valence-electron chi connectivity index (χ0n) is 20.0. The van der Waals surface area contributed by atoms with E-state index >= 15 is 0 Å². The molecule has 11 nitrogen and oxygen atoms in total. The second-order valence-corrected chi connectivity index (χ2v) is 11.1. The molecule has 3 aromatic rings. The number of sulfone groups is 1. The molecule has 1 saturated heterocycles. The molecule has 2 aromatic heterocycles. The number of hydrogen-bond donors (Lipinski definition) is 1. The molecule has 1 aliphatic rings. The average Bonchev–Trinajstić information content (AvgIpc) is 3.16. The van der Waals surface area contributed by atoms with Gasteiger partial charge in [0.25, 0.3) is 5.91 Å². The molecule has 12 heteroatoms. The monoisotopic (exact) mass is 495 g/mol. The molecule has 182 valence electrons. The number of rotatable bonds is 3. The molecule has 2 N–H and O–H groups in total. The van der Waals surface area contributed by atoms with E-state index in [0.29, 0.717) is 16.8 Å². The fraction of sp³-hybridized carbons (Fsp3) is 0.348. The van der Waals surface area contributed by atoms with Crippen LogP contribution < -0.4 is 10.6 Å². The third-order valence-electron chi connectivity index (χ3n) is 6.30. The maximum atomic E-state index is 13.7. The smallest absolute Gasteiger partial charge is 0.252 e. The molecule has 1 atom stereocenters. The van der Waals surface area contributed by atoms with Gasteiger partial charge in [-0.1, -0.05) is 6.07 Å². The standard InChI is InChI=1S/C23H25N7O4S/c1-13-11-28(14(2)31)23(3,4)22(32)29(13)18-8-15(6-7-19(18)35(5,33)34)17-9-16(10-24)20-21(25)26-12-27-30(17)20/h6-9,12-13H,11H2,1-5H3,(H2,25,26,27). The van der Waals surface area contributed by atoms with Crippen molar-refractivity contribution in [3.05, 3.63) is 36.2 Å². The molecule has 4 rings (SSSR count). The largest absolute Gasteiger partial charge is 0.382 e. The molecule has 0 bridgehead atoms. The second kappa shape index (κ2) is 8.06. The van der Waals surface area contributed by atoms with E-state index in [2.05, 4.69) is 16.2 Å². The maximum absolute atomic E-state index is 13.7. The van der Waals surface area contributed by atoms with Crippen LogP contribution in [0.25, 0.3) is 16.8 Å². The van der Waals surface area contributed by atoms with Crippen LogP contribution in [-0.2, 0) is 19.4 Å². The molecule has 1 fully saturated rings. The highest BCUT2D eigenvalue weighted by molar-refractivity contribution is 7.90. The first kappa shape index (κ1) is 24.2. The van der Waals surface area contributed by atoms with Crippen molar-refractivity contribution in [1.82, 2.24) is 19.5 Å². The Morgan fingerprint density at radius 3 is 2.57 bits per heavy atom. The molecule has 1 aliphatic heterocycles. The molecule has 3 heterocycles. The number of hydrogen-bond acceptors (Lipinski definition) is 8. The van der Waals surface area contributed by atoms with Crippen LogP contribution >= 0.6 is 0 Å². The quantitative estimate of drug-likeness (QED) is 0.575. The van der Waals surface area contributed by atoms with E-state index in [4.69, 9.17) is 5.73 Å². The number of carbonyl (C=O) groups excluding carboxylic acids is 2. The van der Waals surface area contributed by atoms with Gasteiger partial charge in [0.05, 0.1) is 27.9 Å². The van der Waals surface area contributed by atoms with Crippen LogP contribution in [0.1, 0.15) is 33.3 Å². The minimum atomic E-state index is -3.72. The number of anilines is 2. The fourth-order valence-corrected chi connectivity index (χ4v) is 5.44. The number of amides is 2. The topological polar surface area (TPSA) is 155 Å². The van der Waals surface area contributed by atoms with Crippen molar-refractivity contribution in [2.24, 2.45) is 0 Å². The Balaban J connectivity index is 1.97. The molecule has 1 unspecified atom stereocenters. The number of aromatic nitrogens is 3. The molecule has 2 amide bonds. The van der Waals surface area contributed by atoms with Crippen molar-refractivity contribution in [3.63, 3.8) is 0 Å². The van der Waals surface area contributed by atoms with Crippen LogP contribution in [-0.4, -0.2) is 64.1 Å². The third kappa shape index (κ3) is 3.77. The Morgan fingerprint density at radius 1 is 1.29 bits per heavy atom. The fourth-order valence-electron chi connectivity index (χ4n) is 4.59. The Bertz CT molecular complexity index is 1540. The first-order chi connectivity index (χ1) is 16.3. The van der Waals surface area contributed by atoms with Gasteiger partial charge in [0.2, 0.25) is 5.91 Å². The van der Waals surface area contributed by atoms with Crippen molar-refractivity contribution >= 4 is 38.7 Å². The number of carbonyl (C=O) groups is 2. The highest BCUT2D eigenvalue weighted by atomic mass is 32.2. The number of fused-ring (bicyclic) bond motifs is 1. The molecule has 0 radical (unpaired) electrons. The lowest BCUT2D eigenvalue weighted by Gasteiger charge is -2.49. The zero-order chi connectivity index (χ0) is 25.9. The van der Waals surface area contributed by atoms with Crippen LogP contribution in [0.5, 0.6) is 0 Å². The number of nitrogens with zero attached hydrogens (tertiary/aromatic N) is 6. The Hall–Kier alpha value is -3.98. The Kier molecular flexibility index (Phi) is 5.56. The van der Waals surface area contributed by atoms with Gasteiger partial charge in [-0.3, -0.25) is 9.59 Å². The molecule has 0 saturated carbocycles. The molecular weight excluding hydrogens is 470 g/mol. The highest BCUT2D eigenvalue weighted by Gasteiger charge is 2.47. The SMILES string of the molecule is CC(=O)N1CC(C)N(c2cc(-c3cc(C#N)c4c(N)ncnn34)ccc2S(C)(=O)=O)C(=O)C1(C)C. The van der Waals surface area contributed by atoms with Gasteiger partial charge in [-0.05, 0) is 39.0 Å². The molecule has 0 spiro atoms. The minimum Gasteiger partial charge on any atom is -0.382 e. The van der Waals surface area contributed by atoms with Crippen molar-refractivity contribution < 1.29 is 18.0 Å². The van der Waals surface area contributed by atoms with Crippen molar-refractivity contribution in [2.75, 3.05) is 23.4 Å². The Labute approximate surface area is 202 Å². The third-order valence-corrected chi connectivity index (χ3v) is 7.45. The van der Waals surface area contributed by atoms with E-state index in [9.17, 15) is 23.3 Å². The molecule has 0 aliphatic carbocycles. The summed E-state index contributed by atoms with van der Waals surface area (Å²) < 4.78 is 26.9. The predicted molar refractivity (Wildman–Crippen MR) is 129 cm³/mol. The average molecular weight is 496 g/mol. The highest BCUT2D eigenvalue weighted by Crippen LogP contribution is 2.38. The maximum Gasteiger partial charge on any atom is 0.252 e. The summed E-state index contributed by atoms with van der Waals surface area (Å²) in [6.45, 7) is 6.67. The predicted octanol–water partition coefficient (Wildman–Crippen LogP) is 1.62. The number of nitrogen functional groups attached to an aromatic ring is 1.